The maximum Gasteiger partial charge on any atom is 0.251 e. The average Bonchev–Trinajstić information content (AvgIpc) is 3.82. The smallest absolute Gasteiger partial charge is 0.251 e. The molecule has 8 rings (SSSR count). The van der Waals surface area contributed by atoms with Crippen molar-refractivity contribution in [3.05, 3.63) is 149 Å². The van der Waals surface area contributed by atoms with Crippen molar-refractivity contribution in [1.82, 2.24) is 10.3 Å². The Morgan fingerprint density at radius 2 is 1.58 bits per heavy atom. The molecule has 4 aromatic carbocycles. The van der Waals surface area contributed by atoms with E-state index in [0.717, 1.165) is 69.9 Å². The molecule has 1 spiro atoms. The van der Waals surface area contributed by atoms with Crippen LogP contribution >= 0.6 is 0 Å². The van der Waals surface area contributed by atoms with Crippen LogP contribution in [0.1, 0.15) is 76.6 Å². The predicted molar refractivity (Wildman–Crippen MR) is 208 cm³/mol. The second kappa shape index (κ2) is 15.1. The summed E-state index contributed by atoms with van der Waals surface area (Å²) in [6, 6.07) is 39.6. The number of aryl methyl sites for hydroxylation is 1. The van der Waals surface area contributed by atoms with Crippen LogP contribution in [-0.2, 0) is 6.42 Å². The van der Waals surface area contributed by atoms with Crippen molar-refractivity contribution in [2.45, 2.75) is 50.4 Å². The molecule has 52 heavy (non-hydrogen) atoms. The minimum atomic E-state index is -0.0570. The zero-order valence-electron chi connectivity index (χ0n) is 29.8. The van der Waals surface area contributed by atoms with Crippen LogP contribution in [-0.4, -0.2) is 55.3 Å². The van der Waals surface area contributed by atoms with E-state index in [9.17, 15) is 9.90 Å². The average molecular weight is 693 g/mol. The number of carbonyl (C=O) groups is 1. The Hall–Kier alpha value is -5.30. The Balaban J connectivity index is 0.804. The molecule has 2 saturated heterocycles. The summed E-state index contributed by atoms with van der Waals surface area (Å²) in [4.78, 5) is 22.6. The van der Waals surface area contributed by atoms with Crippen LogP contribution in [0.25, 0.3) is 0 Å². The van der Waals surface area contributed by atoms with Gasteiger partial charge in [-0.2, -0.15) is 0 Å². The van der Waals surface area contributed by atoms with Crippen LogP contribution in [0, 0.1) is 5.41 Å². The number of phenolic OH excluding ortho intramolecular Hbond substituents is 1. The maximum absolute atomic E-state index is 13.1. The number of nitrogens with one attached hydrogen (secondary N) is 1. The van der Waals surface area contributed by atoms with E-state index in [1.54, 1.807) is 6.20 Å². The number of ether oxygens (including phenoxy) is 1. The summed E-state index contributed by atoms with van der Waals surface area (Å²) >= 11 is 0. The number of pyridine rings is 1. The fraction of sp³-hybridized carbons (Fsp3) is 0.333. The van der Waals surface area contributed by atoms with E-state index >= 15 is 0 Å². The van der Waals surface area contributed by atoms with E-state index < -0.39 is 0 Å². The Morgan fingerprint density at radius 3 is 2.38 bits per heavy atom. The van der Waals surface area contributed by atoms with Crippen LogP contribution < -0.4 is 19.9 Å². The molecule has 3 heterocycles. The number of hydrogen-bond donors (Lipinski definition) is 2. The van der Waals surface area contributed by atoms with Crippen molar-refractivity contribution >= 4 is 17.4 Å². The normalized spacial score (nSPS) is 20.9. The maximum atomic E-state index is 13.1. The third-order valence-electron chi connectivity index (χ3n) is 11.5. The third kappa shape index (κ3) is 7.36. The molecule has 7 nitrogen and oxygen atoms in total. The molecule has 1 aromatic heterocycles. The molecule has 0 saturated carbocycles. The fourth-order valence-electron chi connectivity index (χ4n) is 8.76. The molecule has 266 valence electrons. The fourth-order valence-corrected chi connectivity index (χ4v) is 8.76. The van der Waals surface area contributed by atoms with E-state index in [1.165, 1.54) is 34.4 Å². The van der Waals surface area contributed by atoms with Gasteiger partial charge in [0.05, 0.1) is 6.61 Å². The van der Waals surface area contributed by atoms with E-state index in [0.29, 0.717) is 30.4 Å². The number of carbonyl (C=O) groups excluding carboxylic acids is 1. The molecule has 5 aromatic rings. The van der Waals surface area contributed by atoms with Gasteiger partial charge in [0.1, 0.15) is 17.3 Å². The lowest BCUT2D eigenvalue weighted by Crippen LogP contribution is -2.31. The minimum Gasteiger partial charge on any atom is -0.508 e. The summed E-state index contributed by atoms with van der Waals surface area (Å²) in [7, 11) is 0. The Labute approximate surface area is 307 Å². The van der Waals surface area contributed by atoms with Crippen molar-refractivity contribution < 1.29 is 14.6 Å². The van der Waals surface area contributed by atoms with Gasteiger partial charge < -0.3 is 25.0 Å². The van der Waals surface area contributed by atoms with Crippen LogP contribution in [0.2, 0.25) is 0 Å². The van der Waals surface area contributed by atoms with Gasteiger partial charge in [-0.25, -0.2) is 4.98 Å². The van der Waals surface area contributed by atoms with Gasteiger partial charge in [0, 0.05) is 61.5 Å². The minimum absolute atomic E-state index is 0.0570. The molecule has 2 aliphatic heterocycles. The predicted octanol–water partition coefficient (Wildman–Crippen LogP) is 8.34. The van der Waals surface area contributed by atoms with E-state index in [-0.39, 0.29) is 17.2 Å². The first-order valence-corrected chi connectivity index (χ1v) is 18.9. The Bertz CT molecular complexity index is 1970. The highest BCUT2D eigenvalue weighted by Gasteiger charge is 2.44. The molecule has 7 heteroatoms. The topological polar surface area (TPSA) is 77.9 Å². The molecule has 2 N–H and O–H groups in total. The lowest BCUT2D eigenvalue weighted by Gasteiger charge is -2.34. The van der Waals surface area contributed by atoms with Gasteiger partial charge in [-0.1, -0.05) is 66.7 Å². The summed E-state index contributed by atoms with van der Waals surface area (Å²) in [5, 5.41) is 13.2. The van der Waals surface area contributed by atoms with Gasteiger partial charge >= 0.3 is 0 Å². The lowest BCUT2D eigenvalue weighted by atomic mass is 9.69. The van der Waals surface area contributed by atoms with Gasteiger partial charge in [-0.15, -0.1) is 0 Å². The number of para-hydroxylation sites is 1. The number of anilines is 2. The number of hydrogen-bond acceptors (Lipinski definition) is 6. The van der Waals surface area contributed by atoms with Crippen LogP contribution in [0.15, 0.2) is 121 Å². The van der Waals surface area contributed by atoms with Crippen LogP contribution in [0.3, 0.4) is 0 Å². The molecule has 0 bridgehead atoms. The number of aromatic hydroxyl groups is 1. The molecule has 3 aliphatic rings. The number of nitrogens with zero attached hydrogens (tertiary/aromatic N) is 3. The quantitative estimate of drug-likeness (QED) is 0.136. The van der Waals surface area contributed by atoms with E-state index in [1.807, 2.05) is 24.3 Å². The molecule has 3 atom stereocenters. The second-order valence-electron chi connectivity index (χ2n) is 14.9. The molecule has 1 amide bonds. The highest BCUT2D eigenvalue weighted by Crippen LogP contribution is 2.47. The number of aromatic nitrogens is 1. The molecule has 0 radical (unpaired) electrons. The zero-order valence-corrected chi connectivity index (χ0v) is 29.8. The monoisotopic (exact) mass is 692 g/mol. The van der Waals surface area contributed by atoms with E-state index in [4.69, 9.17) is 4.74 Å². The van der Waals surface area contributed by atoms with Crippen LogP contribution in [0.4, 0.5) is 11.5 Å². The first kappa shape index (κ1) is 33.8. The number of phenols is 1. The third-order valence-corrected chi connectivity index (χ3v) is 11.5. The number of rotatable bonds is 11. The lowest BCUT2D eigenvalue weighted by molar-refractivity contribution is 0.0952. The summed E-state index contributed by atoms with van der Waals surface area (Å²) in [5.74, 6) is 2.60. The molecule has 1 unspecified atom stereocenters. The second-order valence-corrected chi connectivity index (χ2v) is 14.9. The highest BCUT2D eigenvalue weighted by molar-refractivity contribution is 5.94. The van der Waals surface area contributed by atoms with Crippen molar-refractivity contribution in [2.75, 3.05) is 49.1 Å². The first-order valence-electron chi connectivity index (χ1n) is 18.9. The number of fused-ring (bicyclic) bond motifs is 1. The molecular weight excluding hydrogens is 645 g/mol. The van der Waals surface area contributed by atoms with Gasteiger partial charge in [-0.05, 0) is 115 Å². The summed E-state index contributed by atoms with van der Waals surface area (Å²) in [6.07, 6.45) is 7.77. The van der Waals surface area contributed by atoms with Gasteiger partial charge in [-0.3, -0.25) is 4.79 Å². The molecule has 1 aliphatic carbocycles. The summed E-state index contributed by atoms with van der Waals surface area (Å²) < 4.78 is 6.12. The molecular formula is C45H48N4O3. The standard InChI is InChI=1S/C45H48N4O3/c50-38-16-20-41-35(29-38)15-19-40(33-9-3-1-4-10-33)43(41)34-13-17-39(18-14-34)52-28-8-7-24-47-44(51)36-21-25-46-42(30-36)49-27-23-45(32-49)22-26-48(31-45)37-11-5-2-6-12-37/h1-6,9-14,16-18,20-21,25,29-30,40,43,50H,7-8,15,19,22-24,26-28,31-32H2,(H,47,51)/t40-,43+,45?/m1/s1. The van der Waals surface area contributed by atoms with Gasteiger partial charge in [0.2, 0.25) is 0 Å². The Kier molecular flexibility index (Phi) is 9.84. The SMILES string of the molecule is O=C(NCCCCOc1ccc([C@@H]2c3ccc(O)cc3CC[C@@H]2c2ccccc2)cc1)c1ccnc(N2CCC3(CCN(c4ccccc4)C3)C2)c1. The van der Waals surface area contributed by atoms with Crippen LogP contribution in [0.5, 0.6) is 11.5 Å². The first-order chi connectivity index (χ1) is 25.5. The molecule has 2 fully saturated rings. The van der Waals surface area contributed by atoms with Crippen molar-refractivity contribution in [1.29, 1.82) is 0 Å². The zero-order chi connectivity index (χ0) is 35.3. The Morgan fingerprint density at radius 1 is 0.827 bits per heavy atom. The number of unbranched alkanes of at least 4 members (excludes halogenated alkanes) is 1. The summed E-state index contributed by atoms with van der Waals surface area (Å²) in [6.45, 7) is 5.29. The highest BCUT2D eigenvalue weighted by atomic mass is 16.5. The van der Waals surface area contributed by atoms with E-state index in [2.05, 4.69) is 111 Å². The van der Waals surface area contributed by atoms with Crippen molar-refractivity contribution in [3.8, 4) is 11.5 Å². The van der Waals surface area contributed by atoms with Crippen molar-refractivity contribution in [2.24, 2.45) is 5.41 Å². The number of amides is 1. The number of benzene rings is 4. The van der Waals surface area contributed by atoms with Gasteiger partial charge in [0.15, 0.2) is 0 Å². The summed E-state index contributed by atoms with van der Waals surface area (Å²) in [5.41, 5.74) is 7.37. The van der Waals surface area contributed by atoms with Crippen molar-refractivity contribution in [3.63, 3.8) is 0 Å². The van der Waals surface area contributed by atoms with Gasteiger partial charge in [0.25, 0.3) is 5.91 Å². The largest absolute Gasteiger partial charge is 0.508 e.